The van der Waals surface area contributed by atoms with E-state index in [2.05, 4.69) is 48.5 Å². The molecule has 0 aliphatic rings. The second kappa shape index (κ2) is 77.0. The molecule has 0 spiro atoms. The molecule has 106 heavy (non-hydrogen) atoms. The lowest BCUT2D eigenvalue weighted by Crippen LogP contribution is -2.30. The number of ether oxygens (including phenoxy) is 4. The van der Waals surface area contributed by atoms with E-state index < -0.39 is 97.5 Å². The van der Waals surface area contributed by atoms with Gasteiger partial charge in [0.1, 0.15) is 19.3 Å². The quantitative estimate of drug-likeness (QED) is 0.0222. The molecule has 6 atom stereocenters. The molecule has 17 nitrogen and oxygen atoms in total. The second-order valence-electron chi connectivity index (χ2n) is 32.5. The SMILES string of the molecule is CCCCCCCCCCCCCCCCCCCCCCC(=O)OC[C@H](COP(=O)(O)OC[C@@H](O)COP(=O)(O)OC[C@@H](COC(=O)CCCCCCCCCCC(C)C)OC(=O)CCCCCCCCCCCCC(C)CC)OC(=O)CCCCCCCCCCCCCCCCCCCCC(C)C. The van der Waals surface area contributed by atoms with Gasteiger partial charge in [0, 0.05) is 25.7 Å². The van der Waals surface area contributed by atoms with Gasteiger partial charge in [0.25, 0.3) is 0 Å². The molecule has 0 heterocycles. The molecule has 0 aromatic carbocycles. The van der Waals surface area contributed by atoms with E-state index in [-0.39, 0.29) is 25.7 Å². The first kappa shape index (κ1) is 104. The fourth-order valence-corrected chi connectivity index (χ4v) is 15.1. The van der Waals surface area contributed by atoms with Gasteiger partial charge in [-0.3, -0.25) is 37.3 Å². The summed E-state index contributed by atoms with van der Waals surface area (Å²) in [6, 6.07) is 0. The highest BCUT2D eigenvalue weighted by atomic mass is 31.2. The molecule has 0 aromatic heterocycles. The Morgan fingerprint density at radius 2 is 0.481 bits per heavy atom. The van der Waals surface area contributed by atoms with Crippen LogP contribution in [0.5, 0.6) is 0 Å². The zero-order valence-corrected chi connectivity index (χ0v) is 71.7. The summed E-state index contributed by atoms with van der Waals surface area (Å²) in [5.74, 6) is 0.244. The van der Waals surface area contributed by atoms with E-state index in [4.69, 9.17) is 37.0 Å². The van der Waals surface area contributed by atoms with Gasteiger partial charge in [-0.05, 0) is 43.4 Å². The Kier molecular flexibility index (Phi) is 75.6. The van der Waals surface area contributed by atoms with Crippen molar-refractivity contribution in [2.75, 3.05) is 39.6 Å². The van der Waals surface area contributed by atoms with Crippen molar-refractivity contribution in [3.63, 3.8) is 0 Å². The predicted octanol–water partition coefficient (Wildman–Crippen LogP) is 26.5. The average molecular weight is 1550 g/mol. The van der Waals surface area contributed by atoms with Gasteiger partial charge in [0.15, 0.2) is 12.2 Å². The van der Waals surface area contributed by atoms with Crippen molar-refractivity contribution in [2.24, 2.45) is 17.8 Å². The normalized spacial score (nSPS) is 14.1. The minimum atomic E-state index is -4.97. The van der Waals surface area contributed by atoms with Crippen molar-refractivity contribution in [2.45, 2.75) is 478 Å². The van der Waals surface area contributed by atoms with Gasteiger partial charge in [-0.25, -0.2) is 9.13 Å². The Hall–Kier alpha value is -1.94. The van der Waals surface area contributed by atoms with E-state index in [1.165, 1.54) is 270 Å². The Balaban J connectivity index is 5.23. The molecule has 0 fully saturated rings. The molecule has 0 radical (unpaired) electrons. The monoisotopic (exact) mass is 1550 g/mol. The van der Waals surface area contributed by atoms with Gasteiger partial charge in [-0.2, -0.15) is 0 Å². The van der Waals surface area contributed by atoms with E-state index in [0.29, 0.717) is 25.7 Å². The van der Waals surface area contributed by atoms with Gasteiger partial charge < -0.3 is 33.8 Å². The average Bonchev–Trinajstić information content (AvgIpc) is 0.904. The van der Waals surface area contributed by atoms with Crippen LogP contribution in [0.1, 0.15) is 459 Å². The van der Waals surface area contributed by atoms with Gasteiger partial charge >= 0.3 is 39.5 Å². The molecule has 3 N–H and O–H groups in total. The largest absolute Gasteiger partial charge is 0.472 e. The van der Waals surface area contributed by atoms with Crippen LogP contribution in [0.3, 0.4) is 0 Å². The second-order valence-corrected chi connectivity index (χ2v) is 35.4. The molecular weight excluding hydrogens is 1380 g/mol. The number of carbonyl (C=O) groups is 4. The standard InChI is InChI=1S/C87H170O17P2/c1-8-10-11-12-13-14-15-16-17-18-19-20-24-27-30-33-39-47-54-61-68-84(89)97-74-82(103-86(91)70-63-56-49-40-34-31-28-25-22-21-23-26-29-32-37-44-51-58-65-78(3)4)76-101-105(93,94)99-72-81(88)73-100-106(95,96)102-77-83(75-98-85(90)69-62-55-48-43-42-45-52-59-66-79(5)6)104-87(92)71-64-57-50-41-36-35-38-46-53-60-67-80(7)9-2/h78-83,88H,8-77H2,1-7H3,(H,93,94)(H,95,96)/t80?,81-,82-,83-/m1/s1. The fraction of sp³-hybridized carbons (Fsp3) is 0.954. The lowest BCUT2D eigenvalue weighted by molar-refractivity contribution is -0.161. The maximum absolute atomic E-state index is 13.2. The smallest absolute Gasteiger partial charge is 0.462 e. The van der Waals surface area contributed by atoms with Crippen molar-refractivity contribution in [3.8, 4) is 0 Å². The Bertz CT molecular complexity index is 2050. The first-order valence-corrected chi connectivity index (χ1v) is 47.9. The van der Waals surface area contributed by atoms with E-state index in [9.17, 15) is 43.2 Å². The lowest BCUT2D eigenvalue weighted by Gasteiger charge is -2.21. The summed E-state index contributed by atoms with van der Waals surface area (Å²) >= 11 is 0. The summed E-state index contributed by atoms with van der Waals surface area (Å²) in [6.45, 7) is 12.0. The molecule has 0 aliphatic heterocycles. The summed E-state index contributed by atoms with van der Waals surface area (Å²) in [5, 5.41) is 10.7. The van der Waals surface area contributed by atoms with Crippen LogP contribution in [0.4, 0.5) is 0 Å². The van der Waals surface area contributed by atoms with E-state index >= 15 is 0 Å². The zero-order chi connectivity index (χ0) is 77.9. The number of hydrogen-bond acceptors (Lipinski definition) is 15. The van der Waals surface area contributed by atoms with E-state index in [1.54, 1.807) is 0 Å². The van der Waals surface area contributed by atoms with Gasteiger partial charge in [0.05, 0.1) is 26.4 Å². The molecule has 0 saturated heterocycles. The molecule has 0 bridgehead atoms. The van der Waals surface area contributed by atoms with Crippen LogP contribution in [-0.4, -0.2) is 96.7 Å². The molecular formula is C87H170O17P2. The lowest BCUT2D eigenvalue weighted by atomic mass is 9.99. The minimum Gasteiger partial charge on any atom is -0.462 e. The van der Waals surface area contributed by atoms with Crippen LogP contribution >= 0.6 is 15.6 Å². The first-order chi connectivity index (χ1) is 51.3. The maximum Gasteiger partial charge on any atom is 0.472 e. The van der Waals surface area contributed by atoms with Crippen LogP contribution in [0.25, 0.3) is 0 Å². The number of aliphatic hydroxyl groups excluding tert-OH is 1. The van der Waals surface area contributed by atoms with Crippen LogP contribution < -0.4 is 0 Å². The molecule has 0 rings (SSSR count). The summed E-state index contributed by atoms with van der Waals surface area (Å²) in [6.07, 6.45) is 68.1. The van der Waals surface area contributed by atoms with E-state index in [0.717, 1.165) is 108 Å². The number of carbonyl (C=O) groups excluding carboxylic acids is 4. The first-order valence-electron chi connectivity index (χ1n) is 44.9. The third-order valence-corrected chi connectivity index (χ3v) is 22.6. The van der Waals surface area contributed by atoms with Crippen molar-refractivity contribution in [1.29, 1.82) is 0 Å². The Morgan fingerprint density at radius 1 is 0.274 bits per heavy atom. The number of unbranched alkanes of at least 4 members (excludes halogenated alkanes) is 52. The zero-order valence-electron chi connectivity index (χ0n) is 69.9. The molecule has 0 amide bonds. The highest BCUT2D eigenvalue weighted by molar-refractivity contribution is 7.47. The summed E-state index contributed by atoms with van der Waals surface area (Å²) in [7, 11) is -9.93. The number of phosphoric ester groups is 2. The number of rotatable bonds is 85. The molecule has 630 valence electrons. The predicted molar refractivity (Wildman–Crippen MR) is 437 cm³/mol. The van der Waals surface area contributed by atoms with Gasteiger partial charge in [0.2, 0.25) is 0 Å². The number of phosphoric acid groups is 2. The Labute approximate surface area is 651 Å². The molecule has 3 unspecified atom stereocenters. The van der Waals surface area contributed by atoms with Crippen LogP contribution in [0, 0.1) is 17.8 Å². The molecule has 0 saturated carbocycles. The maximum atomic E-state index is 13.2. The molecule has 19 heteroatoms. The van der Waals surface area contributed by atoms with Crippen LogP contribution in [0.15, 0.2) is 0 Å². The number of hydrogen-bond donors (Lipinski definition) is 3. The highest BCUT2D eigenvalue weighted by Crippen LogP contribution is 2.45. The van der Waals surface area contributed by atoms with Crippen LogP contribution in [-0.2, 0) is 65.4 Å². The van der Waals surface area contributed by atoms with E-state index in [1.807, 2.05) is 0 Å². The number of aliphatic hydroxyl groups is 1. The van der Waals surface area contributed by atoms with Crippen molar-refractivity contribution in [3.05, 3.63) is 0 Å². The Morgan fingerprint density at radius 3 is 0.717 bits per heavy atom. The summed E-state index contributed by atoms with van der Waals surface area (Å²) < 4.78 is 68.9. The third-order valence-electron chi connectivity index (χ3n) is 20.7. The third kappa shape index (κ3) is 78.7. The number of esters is 4. The highest BCUT2D eigenvalue weighted by Gasteiger charge is 2.31. The van der Waals surface area contributed by atoms with Crippen LogP contribution in [0.2, 0.25) is 0 Å². The van der Waals surface area contributed by atoms with Gasteiger partial charge in [-0.1, -0.05) is 408 Å². The van der Waals surface area contributed by atoms with Crippen molar-refractivity contribution in [1.82, 2.24) is 0 Å². The van der Waals surface area contributed by atoms with Gasteiger partial charge in [-0.15, -0.1) is 0 Å². The van der Waals surface area contributed by atoms with Crippen molar-refractivity contribution < 1.29 is 80.2 Å². The summed E-state index contributed by atoms with van der Waals surface area (Å²) in [4.78, 5) is 73.2. The topological polar surface area (TPSA) is 237 Å². The van der Waals surface area contributed by atoms with Crippen molar-refractivity contribution >= 4 is 39.5 Å². The minimum absolute atomic E-state index is 0.106. The molecule has 0 aliphatic carbocycles. The fourth-order valence-electron chi connectivity index (χ4n) is 13.5. The molecule has 0 aromatic rings. The summed E-state index contributed by atoms with van der Waals surface area (Å²) in [5.41, 5.74) is 0.